The SMILES string of the molecule is CC(C)NC(=O)CC1CCCNCC1. The number of hydrogen-bond donors (Lipinski definition) is 2. The van der Waals surface area contributed by atoms with Crippen molar-refractivity contribution < 1.29 is 4.79 Å². The van der Waals surface area contributed by atoms with Crippen LogP contribution in [0.1, 0.15) is 39.5 Å². The molecule has 1 amide bonds. The fraction of sp³-hybridized carbons (Fsp3) is 0.909. The fourth-order valence-electron chi connectivity index (χ4n) is 1.94. The summed E-state index contributed by atoms with van der Waals surface area (Å²) in [5.41, 5.74) is 0. The van der Waals surface area contributed by atoms with E-state index < -0.39 is 0 Å². The van der Waals surface area contributed by atoms with Gasteiger partial charge < -0.3 is 10.6 Å². The Labute approximate surface area is 86.6 Å². The third-order valence-electron chi connectivity index (χ3n) is 2.62. The van der Waals surface area contributed by atoms with Gasteiger partial charge in [-0.2, -0.15) is 0 Å². The average Bonchev–Trinajstić information content (AvgIpc) is 2.31. The first-order chi connectivity index (χ1) is 6.68. The van der Waals surface area contributed by atoms with Crippen LogP contribution in [0.25, 0.3) is 0 Å². The number of nitrogens with one attached hydrogen (secondary N) is 2. The maximum atomic E-state index is 11.5. The summed E-state index contributed by atoms with van der Waals surface area (Å²) in [5.74, 6) is 0.802. The Bertz CT molecular complexity index is 172. The van der Waals surface area contributed by atoms with Crippen molar-refractivity contribution >= 4 is 5.91 Å². The predicted molar refractivity (Wildman–Crippen MR) is 58.1 cm³/mol. The van der Waals surface area contributed by atoms with Crippen LogP contribution in [0.5, 0.6) is 0 Å². The maximum absolute atomic E-state index is 11.5. The first-order valence-corrected chi connectivity index (χ1v) is 5.68. The summed E-state index contributed by atoms with van der Waals surface area (Å²) in [6, 6.07) is 0.270. The van der Waals surface area contributed by atoms with Gasteiger partial charge in [-0.25, -0.2) is 0 Å². The molecular weight excluding hydrogens is 176 g/mol. The molecule has 1 rings (SSSR count). The van der Waals surface area contributed by atoms with Crippen LogP contribution in [0.15, 0.2) is 0 Å². The summed E-state index contributed by atoms with van der Waals surface area (Å²) in [4.78, 5) is 11.5. The van der Waals surface area contributed by atoms with Crippen LogP contribution in [-0.4, -0.2) is 25.0 Å². The van der Waals surface area contributed by atoms with E-state index in [9.17, 15) is 4.79 Å². The zero-order valence-corrected chi connectivity index (χ0v) is 9.31. The lowest BCUT2D eigenvalue weighted by Crippen LogP contribution is -2.31. The summed E-state index contributed by atoms with van der Waals surface area (Å²) < 4.78 is 0. The molecular formula is C11H22N2O. The van der Waals surface area contributed by atoms with Gasteiger partial charge in [0.1, 0.15) is 0 Å². The van der Waals surface area contributed by atoms with Gasteiger partial charge >= 0.3 is 0 Å². The minimum Gasteiger partial charge on any atom is -0.354 e. The largest absolute Gasteiger partial charge is 0.354 e. The van der Waals surface area contributed by atoms with Gasteiger partial charge in [0.15, 0.2) is 0 Å². The Morgan fingerprint density at radius 3 is 2.93 bits per heavy atom. The molecule has 2 N–H and O–H groups in total. The smallest absolute Gasteiger partial charge is 0.220 e. The summed E-state index contributed by atoms with van der Waals surface area (Å²) in [5, 5.41) is 6.31. The summed E-state index contributed by atoms with van der Waals surface area (Å²) in [7, 11) is 0. The molecule has 0 saturated carbocycles. The van der Waals surface area contributed by atoms with Crippen LogP contribution in [0.4, 0.5) is 0 Å². The van der Waals surface area contributed by atoms with Crippen molar-refractivity contribution in [2.75, 3.05) is 13.1 Å². The molecule has 0 spiro atoms. The van der Waals surface area contributed by atoms with E-state index in [0.29, 0.717) is 12.3 Å². The Hall–Kier alpha value is -0.570. The van der Waals surface area contributed by atoms with Gasteiger partial charge in [0, 0.05) is 12.5 Å². The highest BCUT2D eigenvalue weighted by atomic mass is 16.1. The third kappa shape index (κ3) is 4.61. The van der Waals surface area contributed by atoms with Gasteiger partial charge in [0.25, 0.3) is 0 Å². The monoisotopic (exact) mass is 198 g/mol. The lowest BCUT2D eigenvalue weighted by molar-refractivity contribution is -0.122. The van der Waals surface area contributed by atoms with Crippen LogP contribution < -0.4 is 10.6 Å². The molecule has 1 heterocycles. The Balaban J connectivity index is 2.23. The van der Waals surface area contributed by atoms with Gasteiger partial charge in [-0.3, -0.25) is 4.79 Å². The molecule has 1 aliphatic heterocycles. The minimum atomic E-state index is 0.215. The molecule has 0 radical (unpaired) electrons. The van der Waals surface area contributed by atoms with E-state index in [0.717, 1.165) is 19.5 Å². The highest BCUT2D eigenvalue weighted by Gasteiger charge is 2.15. The quantitative estimate of drug-likeness (QED) is 0.717. The summed E-state index contributed by atoms with van der Waals surface area (Å²) in [6.07, 6.45) is 4.25. The van der Waals surface area contributed by atoms with E-state index in [-0.39, 0.29) is 11.9 Å². The predicted octanol–water partition coefficient (Wildman–Crippen LogP) is 1.29. The summed E-state index contributed by atoms with van der Waals surface area (Å²) >= 11 is 0. The first kappa shape index (κ1) is 11.5. The van der Waals surface area contributed by atoms with Crippen molar-refractivity contribution in [2.45, 2.75) is 45.6 Å². The van der Waals surface area contributed by atoms with E-state index in [1.165, 1.54) is 12.8 Å². The molecule has 0 aliphatic carbocycles. The fourth-order valence-corrected chi connectivity index (χ4v) is 1.94. The lowest BCUT2D eigenvalue weighted by atomic mass is 9.96. The molecule has 0 aromatic heterocycles. The van der Waals surface area contributed by atoms with Crippen molar-refractivity contribution in [1.29, 1.82) is 0 Å². The topological polar surface area (TPSA) is 41.1 Å². The van der Waals surface area contributed by atoms with E-state index >= 15 is 0 Å². The highest BCUT2D eigenvalue weighted by molar-refractivity contribution is 5.76. The molecule has 0 aromatic carbocycles. The molecule has 1 atom stereocenters. The molecule has 1 aliphatic rings. The molecule has 0 bridgehead atoms. The Kier molecular flexibility index (Phi) is 4.94. The van der Waals surface area contributed by atoms with Crippen molar-refractivity contribution in [3.8, 4) is 0 Å². The van der Waals surface area contributed by atoms with E-state index in [1.807, 2.05) is 13.8 Å². The van der Waals surface area contributed by atoms with Crippen molar-refractivity contribution in [1.82, 2.24) is 10.6 Å². The van der Waals surface area contributed by atoms with Gasteiger partial charge in [0.2, 0.25) is 5.91 Å². The van der Waals surface area contributed by atoms with E-state index in [2.05, 4.69) is 10.6 Å². The molecule has 1 saturated heterocycles. The third-order valence-corrected chi connectivity index (χ3v) is 2.62. The van der Waals surface area contributed by atoms with Gasteiger partial charge in [-0.15, -0.1) is 0 Å². The lowest BCUT2D eigenvalue weighted by Gasteiger charge is -2.14. The zero-order chi connectivity index (χ0) is 10.4. The molecule has 82 valence electrons. The molecule has 0 aromatic rings. The first-order valence-electron chi connectivity index (χ1n) is 5.68. The molecule has 1 fully saturated rings. The minimum absolute atomic E-state index is 0.215. The van der Waals surface area contributed by atoms with E-state index in [1.54, 1.807) is 0 Å². The van der Waals surface area contributed by atoms with Crippen molar-refractivity contribution in [3.05, 3.63) is 0 Å². The second kappa shape index (κ2) is 6.02. The van der Waals surface area contributed by atoms with E-state index in [4.69, 9.17) is 0 Å². The number of amides is 1. The number of rotatable bonds is 3. The van der Waals surface area contributed by atoms with Crippen LogP contribution in [0.3, 0.4) is 0 Å². The van der Waals surface area contributed by atoms with Crippen molar-refractivity contribution in [2.24, 2.45) is 5.92 Å². The Morgan fingerprint density at radius 2 is 2.21 bits per heavy atom. The normalized spacial score (nSPS) is 23.2. The van der Waals surface area contributed by atoms with Crippen LogP contribution >= 0.6 is 0 Å². The second-order valence-electron chi connectivity index (χ2n) is 4.47. The number of hydrogen-bond acceptors (Lipinski definition) is 2. The van der Waals surface area contributed by atoms with Gasteiger partial charge in [-0.1, -0.05) is 0 Å². The zero-order valence-electron chi connectivity index (χ0n) is 9.31. The molecule has 1 unspecified atom stereocenters. The van der Waals surface area contributed by atoms with Crippen LogP contribution in [0.2, 0.25) is 0 Å². The van der Waals surface area contributed by atoms with Crippen LogP contribution in [0, 0.1) is 5.92 Å². The highest BCUT2D eigenvalue weighted by Crippen LogP contribution is 2.17. The standard InChI is InChI=1S/C11H22N2O/c1-9(2)13-11(14)8-10-4-3-6-12-7-5-10/h9-10,12H,3-8H2,1-2H3,(H,13,14). The molecule has 3 heteroatoms. The van der Waals surface area contributed by atoms with Crippen molar-refractivity contribution in [3.63, 3.8) is 0 Å². The van der Waals surface area contributed by atoms with Gasteiger partial charge in [0.05, 0.1) is 0 Å². The Morgan fingerprint density at radius 1 is 1.43 bits per heavy atom. The molecule has 3 nitrogen and oxygen atoms in total. The van der Waals surface area contributed by atoms with Gasteiger partial charge in [-0.05, 0) is 52.1 Å². The second-order valence-corrected chi connectivity index (χ2v) is 4.47. The average molecular weight is 198 g/mol. The maximum Gasteiger partial charge on any atom is 0.220 e. The molecule has 14 heavy (non-hydrogen) atoms. The summed E-state index contributed by atoms with van der Waals surface area (Å²) in [6.45, 7) is 6.20. The number of carbonyl (C=O) groups is 1. The van der Waals surface area contributed by atoms with Crippen LogP contribution in [-0.2, 0) is 4.79 Å². The number of carbonyl (C=O) groups excluding carboxylic acids is 1.